The molecule has 2 aliphatic rings. The lowest BCUT2D eigenvalue weighted by Gasteiger charge is -2.41. The van der Waals surface area contributed by atoms with Gasteiger partial charge in [-0.25, -0.2) is 0 Å². The van der Waals surface area contributed by atoms with Crippen molar-refractivity contribution >= 4 is 11.6 Å². The lowest BCUT2D eigenvalue weighted by atomic mass is 10.1. The number of carbonyl (C=O) groups is 1. The summed E-state index contributed by atoms with van der Waals surface area (Å²) in [5.74, 6) is 0.211. The molecule has 4 nitrogen and oxygen atoms in total. The third-order valence-electron chi connectivity index (χ3n) is 5.66. The molecule has 25 heavy (non-hydrogen) atoms. The molecule has 1 saturated carbocycles. The number of benzene rings is 1. The Balaban J connectivity index is 1.47. The molecule has 1 heterocycles. The molecule has 138 valence electrons. The van der Waals surface area contributed by atoms with Gasteiger partial charge in [-0.05, 0) is 38.8 Å². The van der Waals surface area contributed by atoms with Gasteiger partial charge in [0.1, 0.15) is 0 Å². The standard InChI is InChI=1S/C21H33N3O/c1-17-9-11-20(12-10-17)24-14-13-23(15-18(24)2)16-21(25)22-19-7-5-3-4-6-8-19/h9-12,18-19H,3-8,13-16H2,1-2H3,(H,22,25). The lowest BCUT2D eigenvalue weighted by molar-refractivity contribution is -0.123. The van der Waals surface area contributed by atoms with E-state index in [0.29, 0.717) is 18.6 Å². The molecule has 1 amide bonds. The Morgan fingerprint density at radius 1 is 1.08 bits per heavy atom. The molecule has 0 bridgehead atoms. The first kappa shape index (κ1) is 18.2. The minimum atomic E-state index is 0.211. The number of anilines is 1. The van der Waals surface area contributed by atoms with Crippen LogP contribution in [0.2, 0.25) is 0 Å². The monoisotopic (exact) mass is 343 g/mol. The molecule has 1 unspecified atom stereocenters. The highest BCUT2D eigenvalue weighted by atomic mass is 16.2. The summed E-state index contributed by atoms with van der Waals surface area (Å²) in [5, 5.41) is 3.28. The molecule has 1 aliphatic heterocycles. The second-order valence-corrected chi connectivity index (χ2v) is 7.87. The second kappa shape index (κ2) is 8.70. The molecule has 2 fully saturated rings. The van der Waals surface area contributed by atoms with Crippen LogP contribution in [0.3, 0.4) is 0 Å². The van der Waals surface area contributed by atoms with Gasteiger partial charge in [0.15, 0.2) is 0 Å². The predicted octanol–water partition coefficient (Wildman–Crippen LogP) is 3.34. The molecular weight excluding hydrogens is 310 g/mol. The van der Waals surface area contributed by atoms with Crippen molar-refractivity contribution in [2.45, 2.75) is 64.5 Å². The van der Waals surface area contributed by atoms with Crippen molar-refractivity contribution in [1.82, 2.24) is 10.2 Å². The fraction of sp³-hybridized carbons (Fsp3) is 0.667. The van der Waals surface area contributed by atoms with Gasteiger partial charge in [-0.1, -0.05) is 43.4 Å². The highest BCUT2D eigenvalue weighted by Gasteiger charge is 2.25. The van der Waals surface area contributed by atoms with Gasteiger partial charge in [0.2, 0.25) is 5.91 Å². The molecule has 1 saturated heterocycles. The van der Waals surface area contributed by atoms with Gasteiger partial charge in [-0.15, -0.1) is 0 Å². The largest absolute Gasteiger partial charge is 0.366 e. The fourth-order valence-electron chi connectivity index (χ4n) is 4.20. The molecule has 4 heteroatoms. The Kier molecular flexibility index (Phi) is 6.35. The zero-order valence-corrected chi connectivity index (χ0v) is 15.8. The molecule has 0 aromatic heterocycles. The fourth-order valence-corrected chi connectivity index (χ4v) is 4.20. The van der Waals surface area contributed by atoms with Crippen LogP contribution in [-0.4, -0.2) is 49.1 Å². The van der Waals surface area contributed by atoms with Gasteiger partial charge in [0.25, 0.3) is 0 Å². The summed E-state index contributed by atoms with van der Waals surface area (Å²) in [4.78, 5) is 17.2. The van der Waals surface area contributed by atoms with Crippen LogP contribution >= 0.6 is 0 Å². The van der Waals surface area contributed by atoms with E-state index in [0.717, 1.165) is 32.5 Å². The highest BCUT2D eigenvalue weighted by molar-refractivity contribution is 5.78. The van der Waals surface area contributed by atoms with Crippen LogP contribution in [0.1, 0.15) is 51.0 Å². The normalized spacial score (nSPS) is 23.3. The number of amides is 1. The highest BCUT2D eigenvalue weighted by Crippen LogP contribution is 2.21. The Bertz CT molecular complexity index is 549. The number of nitrogens with one attached hydrogen (secondary N) is 1. The van der Waals surface area contributed by atoms with E-state index < -0.39 is 0 Å². The van der Waals surface area contributed by atoms with E-state index in [1.807, 2.05) is 0 Å². The molecule has 1 aromatic carbocycles. The summed E-state index contributed by atoms with van der Waals surface area (Å²) in [6, 6.07) is 9.60. The van der Waals surface area contributed by atoms with E-state index in [-0.39, 0.29) is 5.91 Å². The van der Waals surface area contributed by atoms with E-state index in [4.69, 9.17) is 0 Å². The Labute approximate surface area is 152 Å². The van der Waals surface area contributed by atoms with Gasteiger partial charge in [0.05, 0.1) is 6.54 Å². The number of aryl methyl sites for hydroxylation is 1. The minimum Gasteiger partial charge on any atom is -0.366 e. The van der Waals surface area contributed by atoms with Crippen LogP contribution in [-0.2, 0) is 4.79 Å². The number of hydrogen-bond acceptors (Lipinski definition) is 3. The van der Waals surface area contributed by atoms with Crippen molar-refractivity contribution in [2.75, 3.05) is 31.1 Å². The van der Waals surface area contributed by atoms with Crippen LogP contribution < -0.4 is 10.2 Å². The topological polar surface area (TPSA) is 35.6 Å². The Morgan fingerprint density at radius 3 is 2.40 bits per heavy atom. The van der Waals surface area contributed by atoms with Crippen LogP contribution in [0.4, 0.5) is 5.69 Å². The first-order valence-corrected chi connectivity index (χ1v) is 9.97. The Hall–Kier alpha value is -1.55. The molecule has 1 aliphatic carbocycles. The number of carbonyl (C=O) groups excluding carboxylic acids is 1. The summed E-state index contributed by atoms with van der Waals surface area (Å²) in [6.07, 6.45) is 7.48. The van der Waals surface area contributed by atoms with Crippen molar-refractivity contribution in [3.05, 3.63) is 29.8 Å². The summed E-state index contributed by atoms with van der Waals surface area (Å²) in [6.45, 7) is 7.82. The second-order valence-electron chi connectivity index (χ2n) is 7.87. The van der Waals surface area contributed by atoms with E-state index in [9.17, 15) is 4.79 Å². The first-order chi connectivity index (χ1) is 12.1. The lowest BCUT2D eigenvalue weighted by Crippen LogP contribution is -2.54. The SMILES string of the molecule is Cc1ccc(N2CCN(CC(=O)NC3CCCCCC3)CC2C)cc1. The molecular formula is C21H33N3O. The van der Waals surface area contributed by atoms with Crippen molar-refractivity contribution in [1.29, 1.82) is 0 Å². The molecule has 3 rings (SSSR count). The Morgan fingerprint density at radius 2 is 1.76 bits per heavy atom. The van der Waals surface area contributed by atoms with Crippen LogP contribution in [0, 0.1) is 6.92 Å². The summed E-state index contributed by atoms with van der Waals surface area (Å²) < 4.78 is 0. The number of nitrogens with zero attached hydrogens (tertiary/aromatic N) is 2. The van der Waals surface area contributed by atoms with Crippen LogP contribution in [0.15, 0.2) is 24.3 Å². The summed E-state index contributed by atoms with van der Waals surface area (Å²) in [7, 11) is 0. The third-order valence-corrected chi connectivity index (χ3v) is 5.66. The van der Waals surface area contributed by atoms with E-state index in [1.165, 1.54) is 36.9 Å². The van der Waals surface area contributed by atoms with Crippen LogP contribution in [0.25, 0.3) is 0 Å². The van der Waals surface area contributed by atoms with Crippen molar-refractivity contribution in [3.8, 4) is 0 Å². The summed E-state index contributed by atoms with van der Waals surface area (Å²) in [5.41, 5.74) is 2.59. The van der Waals surface area contributed by atoms with Gasteiger partial charge >= 0.3 is 0 Å². The number of rotatable bonds is 4. The van der Waals surface area contributed by atoms with Gasteiger partial charge in [-0.3, -0.25) is 9.69 Å². The van der Waals surface area contributed by atoms with Crippen molar-refractivity contribution < 1.29 is 4.79 Å². The maximum Gasteiger partial charge on any atom is 0.234 e. The quantitative estimate of drug-likeness (QED) is 0.852. The van der Waals surface area contributed by atoms with Gasteiger partial charge in [0, 0.05) is 37.4 Å². The molecule has 1 aromatic rings. The average molecular weight is 344 g/mol. The first-order valence-electron chi connectivity index (χ1n) is 9.97. The maximum atomic E-state index is 12.4. The number of hydrogen-bond donors (Lipinski definition) is 1. The van der Waals surface area contributed by atoms with Crippen LogP contribution in [0.5, 0.6) is 0 Å². The third kappa shape index (κ3) is 5.21. The minimum absolute atomic E-state index is 0.211. The van der Waals surface area contributed by atoms with Crippen molar-refractivity contribution in [2.24, 2.45) is 0 Å². The van der Waals surface area contributed by atoms with Gasteiger partial charge < -0.3 is 10.2 Å². The van der Waals surface area contributed by atoms with E-state index in [1.54, 1.807) is 0 Å². The zero-order chi connectivity index (χ0) is 17.6. The predicted molar refractivity (Wildman–Crippen MR) is 104 cm³/mol. The van der Waals surface area contributed by atoms with E-state index >= 15 is 0 Å². The smallest absolute Gasteiger partial charge is 0.234 e. The molecule has 1 atom stereocenters. The van der Waals surface area contributed by atoms with Crippen molar-refractivity contribution in [3.63, 3.8) is 0 Å². The van der Waals surface area contributed by atoms with E-state index in [2.05, 4.69) is 53.2 Å². The van der Waals surface area contributed by atoms with Gasteiger partial charge in [-0.2, -0.15) is 0 Å². The zero-order valence-electron chi connectivity index (χ0n) is 15.8. The molecule has 0 radical (unpaired) electrons. The molecule has 0 spiro atoms. The molecule has 1 N–H and O–H groups in total. The summed E-state index contributed by atoms with van der Waals surface area (Å²) >= 11 is 0. The average Bonchev–Trinajstić information content (AvgIpc) is 2.85. The maximum absolute atomic E-state index is 12.4. The number of piperazine rings is 1.